The first-order valence-corrected chi connectivity index (χ1v) is 13.9. The van der Waals surface area contributed by atoms with Crippen LogP contribution in [-0.2, 0) is 10.2 Å². The van der Waals surface area contributed by atoms with E-state index in [2.05, 4.69) is 18.2 Å². The lowest BCUT2D eigenvalue weighted by atomic mass is 9.48. The number of carbonyl (C=O) groups excluding carboxylic acids is 1. The quantitative estimate of drug-likeness (QED) is 0.313. The van der Waals surface area contributed by atoms with Gasteiger partial charge in [0.2, 0.25) is 0 Å². The van der Waals surface area contributed by atoms with E-state index < -0.39 is 0 Å². The van der Waals surface area contributed by atoms with Crippen LogP contribution in [0.25, 0.3) is 6.08 Å². The van der Waals surface area contributed by atoms with Crippen LogP contribution in [0.15, 0.2) is 47.4 Å². The number of hydrogen-bond acceptors (Lipinski definition) is 5. The van der Waals surface area contributed by atoms with Gasteiger partial charge in [-0.1, -0.05) is 30.0 Å². The van der Waals surface area contributed by atoms with E-state index in [1.807, 2.05) is 37.3 Å². The molecule has 2 aromatic carbocycles. The Labute approximate surface area is 217 Å². The van der Waals surface area contributed by atoms with Crippen molar-refractivity contribution in [3.8, 4) is 11.5 Å². The van der Waals surface area contributed by atoms with Crippen LogP contribution in [0.3, 0.4) is 0 Å². The maximum atomic E-state index is 13.4. The van der Waals surface area contributed by atoms with E-state index in [1.165, 1.54) is 55.9 Å². The fourth-order valence-corrected chi connectivity index (χ4v) is 8.62. The normalized spacial score (nSPS) is 30.4. The fraction of sp³-hybridized carbons (Fsp3) is 0.448. The highest BCUT2D eigenvalue weighted by atomic mass is 32.2. The van der Waals surface area contributed by atoms with E-state index in [-0.39, 0.29) is 5.91 Å². The molecule has 35 heavy (non-hydrogen) atoms. The van der Waals surface area contributed by atoms with Gasteiger partial charge in [0.25, 0.3) is 5.91 Å². The molecule has 4 saturated carbocycles. The van der Waals surface area contributed by atoms with Crippen LogP contribution in [0.1, 0.15) is 56.6 Å². The third-order valence-corrected chi connectivity index (χ3v) is 9.67. The molecule has 4 bridgehead atoms. The second-order valence-corrected chi connectivity index (χ2v) is 12.3. The van der Waals surface area contributed by atoms with Gasteiger partial charge in [0.15, 0.2) is 4.32 Å². The van der Waals surface area contributed by atoms with Gasteiger partial charge in [-0.25, -0.2) is 0 Å². The van der Waals surface area contributed by atoms with E-state index in [9.17, 15) is 4.79 Å². The number of carbonyl (C=O) groups is 1. The Morgan fingerprint density at radius 1 is 1.06 bits per heavy atom. The third-order valence-electron chi connectivity index (χ3n) is 8.37. The lowest BCUT2D eigenvalue weighted by Gasteiger charge is -2.57. The Kier molecular flexibility index (Phi) is 5.92. The number of thiocarbonyl (C=S) groups is 1. The summed E-state index contributed by atoms with van der Waals surface area (Å²) < 4.78 is 11.8. The van der Waals surface area contributed by atoms with Crippen LogP contribution in [0.4, 0.5) is 5.69 Å². The number of hydrogen-bond donors (Lipinski definition) is 0. The molecule has 1 saturated heterocycles. The number of nitrogens with zero attached hydrogens (tertiary/aromatic N) is 1. The molecule has 2 aromatic rings. The zero-order chi connectivity index (χ0) is 24.2. The summed E-state index contributed by atoms with van der Waals surface area (Å²) in [6.45, 7) is 2.56. The molecule has 4 aliphatic carbocycles. The fourth-order valence-electron chi connectivity index (χ4n) is 7.33. The van der Waals surface area contributed by atoms with Crippen LogP contribution >= 0.6 is 24.0 Å². The Balaban J connectivity index is 1.31. The summed E-state index contributed by atoms with van der Waals surface area (Å²) in [5.74, 6) is 4.14. The summed E-state index contributed by atoms with van der Waals surface area (Å²) in [4.78, 5) is 15.7. The summed E-state index contributed by atoms with van der Waals surface area (Å²) in [5.41, 5.74) is 3.44. The largest absolute Gasteiger partial charge is 0.496 e. The van der Waals surface area contributed by atoms with Crippen LogP contribution in [0.2, 0.25) is 0 Å². The van der Waals surface area contributed by atoms with E-state index >= 15 is 0 Å². The minimum atomic E-state index is -0.0913. The van der Waals surface area contributed by atoms with Gasteiger partial charge in [0.1, 0.15) is 11.5 Å². The minimum Gasteiger partial charge on any atom is -0.496 e. The molecule has 5 fully saturated rings. The van der Waals surface area contributed by atoms with Crippen molar-refractivity contribution in [2.75, 3.05) is 18.6 Å². The molecule has 1 heterocycles. The first-order valence-electron chi connectivity index (χ1n) is 12.7. The van der Waals surface area contributed by atoms with Gasteiger partial charge in [0.05, 0.1) is 24.3 Å². The standard InChI is InChI=1S/C29H31NO3S2/c1-3-33-24-7-5-23(6-8-24)30-27(31)26(35-28(30)34)14-21-13-22(4-9-25(21)32-2)29-15-18-10-19(16-29)12-20(11-18)17-29/h4-9,13-14,18-20H,3,10-12,15-17H2,1-2H3/b26-14+. The highest BCUT2D eigenvalue weighted by molar-refractivity contribution is 8.27. The second-order valence-electron chi connectivity index (χ2n) is 10.6. The number of thioether (sulfide) groups is 1. The van der Waals surface area contributed by atoms with Crippen LogP contribution < -0.4 is 14.4 Å². The first-order chi connectivity index (χ1) is 17.0. The average molecular weight is 506 g/mol. The van der Waals surface area contributed by atoms with Gasteiger partial charge < -0.3 is 9.47 Å². The lowest BCUT2D eigenvalue weighted by Crippen LogP contribution is -2.48. The molecule has 1 amide bonds. The Hall–Kier alpha value is -2.31. The number of anilines is 1. The zero-order valence-electron chi connectivity index (χ0n) is 20.3. The maximum absolute atomic E-state index is 13.4. The number of methoxy groups -OCH3 is 1. The molecular formula is C29H31NO3S2. The summed E-state index contributed by atoms with van der Waals surface area (Å²) >= 11 is 6.96. The molecule has 0 spiro atoms. The van der Waals surface area contributed by atoms with Gasteiger partial charge in [-0.3, -0.25) is 9.69 Å². The molecule has 0 unspecified atom stereocenters. The molecule has 0 aromatic heterocycles. The van der Waals surface area contributed by atoms with Crippen LogP contribution in [0.5, 0.6) is 11.5 Å². The van der Waals surface area contributed by atoms with Crippen LogP contribution in [-0.4, -0.2) is 23.9 Å². The molecule has 0 atom stereocenters. The van der Waals surface area contributed by atoms with E-state index in [0.29, 0.717) is 21.2 Å². The van der Waals surface area contributed by atoms with Gasteiger partial charge in [-0.05, 0) is 117 Å². The van der Waals surface area contributed by atoms with Crippen molar-refractivity contribution in [3.05, 3.63) is 58.5 Å². The zero-order valence-corrected chi connectivity index (χ0v) is 21.9. The summed E-state index contributed by atoms with van der Waals surface area (Å²) in [7, 11) is 1.70. The Morgan fingerprint density at radius 2 is 1.71 bits per heavy atom. The highest BCUT2D eigenvalue weighted by Crippen LogP contribution is 2.61. The molecule has 0 N–H and O–H groups in total. The number of rotatable bonds is 6. The van der Waals surface area contributed by atoms with Crippen molar-refractivity contribution in [3.63, 3.8) is 0 Å². The van der Waals surface area contributed by atoms with Crippen molar-refractivity contribution in [2.24, 2.45) is 17.8 Å². The SMILES string of the molecule is CCOc1ccc(N2C(=O)/C(=C\c3cc(C45CC6CC(CC(C6)C4)C5)ccc3OC)SC2=S)cc1. The van der Waals surface area contributed by atoms with E-state index in [0.717, 1.165) is 40.5 Å². The van der Waals surface area contributed by atoms with E-state index in [1.54, 1.807) is 12.0 Å². The summed E-state index contributed by atoms with van der Waals surface area (Å²) in [5, 5.41) is 0. The van der Waals surface area contributed by atoms with Crippen molar-refractivity contribution in [1.82, 2.24) is 0 Å². The lowest BCUT2D eigenvalue weighted by molar-refractivity contribution is -0.113. The number of amides is 1. The van der Waals surface area contributed by atoms with Gasteiger partial charge in [0, 0.05) is 5.56 Å². The Morgan fingerprint density at radius 3 is 2.31 bits per heavy atom. The van der Waals surface area contributed by atoms with Gasteiger partial charge in [-0.15, -0.1) is 0 Å². The number of benzene rings is 2. The highest BCUT2D eigenvalue weighted by Gasteiger charge is 2.51. The monoisotopic (exact) mass is 505 g/mol. The predicted octanol–water partition coefficient (Wildman–Crippen LogP) is 6.97. The molecular weight excluding hydrogens is 474 g/mol. The van der Waals surface area contributed by atoms with Crippen molar-refractivity contribution < 1.29 is 14.3 Å². The average Bonchev–Trinajstić information content (AvgIpc) is 3.11. The van der Waals surface area contributed by atoms with Gasteiger partial charge >= 0.3 is 0 Å². The molecule has 0 radical (unpaired) electrons. The van der Waals surface area contributed by atoms with Crippen molar-refractivity contribution in [2.45, 2.75) is 50.9 Å². The smallest absolute Gasteiger partial charge is 0.270 e. The molecule has 4 nitrogen and oxygen atoms in total. The first kappa shape index (κ1) is 23.1. The third kappa shape index (κ3) is 4.09. The second kappa shape index (κ2) is 8.97. The summed E-state index contributed by atoms with van der Waals surface area (Å²) in [6, 6.07) is 14.2. The Bertz CT molecular complexity index is 1170. The van der Waals surface area contributed by atoms with Crippen LogP contribution in [0, 0.1) is 17.8 Å². The molecule has 7 rings (SSSR count). The summed E-state index contributed by atoms with van der Waals surface area (Å²) in [6.07, 6.45) is 10.2. The minimum absolute atomic E-state index is 0.0913. The number of ether oxygens (including phenoxy) is 2. The van der Waals surface area contributed by atoms with Crippen molar-refractivity contribution >= 4 is 46.0 Å². The van der Waals surface area contributed by atoms with Gasteiger partial charge in [-0.2, -0.15) is 0 Å². The molecule has 5 aliphatic rings. The predicted molar refractivity (Wildman–Crippen MR) is 146 cm³/mol. The molecule has 6 heteroatoms. The molecule has 1 aliphatic heterocycles. The topological polar surface area (TPSA) is 38.8 Å². The molecule has 182 valence electrons. The van der Waals surface area contributed by atoms with Crippen molar-refractivity contribution in [1.29, 1.82) is 0 Å². The maximum Gasteiger partial charge on any atom is 0.270 e. The van der Waals surface area contributed by atoms with E-state index in [4.69, 9.17) is 21.7 Å².